The van der Waals surface area contributed by atoms with Crippen LogP contribution in [0.3, 0.4) is 0 Å². The molecule has 5 nitrogen and oxygen atoms in total. The number of hydrogen-bond donors (Lipinski definition) is 2. The lowest BCUT2D eigenvalue weighted by atomic mass is 9.95. The molecule has 1 aliphatic rings. The summed E-state index contributed by atoms with van der Waals surface area (Å²) in [5.41, 5.74) is 11.5. The number of rotatable bonds is 7. The molecule has 5 rings (SSSR count). The summed E-state index contributed by atoms with van der Waals surface area (Å²) in [4.78, 5) is 11.0. The predicted molar refractivity (Wildman–Crippen MR) is 167 cm³/mol. The zero-order valence-electron chi connectivity index (χ0n) is 23.0. The predicted octanol–water partition coefficient (Wildman–Crippen LogP) is 7.09. The maximum Gasteiger partial charge on any atom is 0.141 e. The van der Waals surface area contributed by atoms with Crippen molar-refractivity contribution < 1.29 is 0 Å². The molecule has 0 saturated carbocycles. The fourth-order valence-corrected chi connectivity index (χ4v) is 5.12. The average molecular weight is 540 g/mol. The standard InChI is InChI=1S/C24H29N5.C9H9Cl/c1-16-4-5-21-13-19(6-7-20(21)12-16)17(2)22-23(25)27-15-28-24(22)29(3)14-18-8-10-26-11-9-18;1-2-3-8-4-6-9(10)7-5-8/h4-7,12-13,15,18,26H,2,8-11,14H2,1,3H3,(H2,25,27,28);2,4-7H,1,3H2. The van der Waals surface area contributed by atoms with E-state index in [1.807, 2.05) is 30.3 Å². The van der Waals surface area contributed by atoms with Gasteiger partial charge in [-0.3, -0.25) is 0 Å². The van der Waals surface area contributed by atoms with Crippen LogP contribution in [0.15, 0.2) is 86.2 Å². The number of anilines is 2. The van der Waals surface area contributed by atoms with Gasteiger partial charge in [0.15, 0.2) is 0 Å². The summed E-state index contributed by atoms with van der Waals surface area (Å²) in [6, 6.07) is 20.7. The van der Waals surface area contributed by atoms with E-state index in [0.717, 1.165) is 53.6 Å². The molecule has 4 aromatic rings. The monoisotopic (exact) mass is 539 g/mol. The van der Waals surface area contributed by atoms with Gasteiger partial charge in [-0.15, -0.1) is 6.58 Å². The smallest absolute Gasteiger partial charge is 0.141 e. The molecule has 0 unspecified atom stereocenters. The highest BCUT2D eigenvalue weighted by Gasteiger charge is 2.21. The molecule has 1 aromatic heterocycles. The van der Waals surface area contributed by atoms with Crippen molar-refractivity contribution in [1.82, 2.24) is 15.3 Å². The molecule has 0 atom stereocenters. The molecular weight excluding hydrogens is 502 g/mol. The number of allylic oxidation sites excluding steroid dienone is 1. The molecule has 1 saturated heterocycles. The van der Waals surface area contributed by atoms with Gasteiger partial charge in [0.2, 0.25) is 0 Å². The van der Waals surface area contributed by atoms with Crippen LogP contribution in [0.1, 0.15) is 35.1 Å². The second kappa shape index (κ2) is 13.4. The van der Waals surface area contributed by atoms with Crippen LogP contribution >= 0.6 is 11.6 Å². The summed E-state index contributed by atoms with van der Waals surface area (Å²) in [7, 11) is 2.09. The Kier molecular flexibility index (Phi) is 9.74. The number of fused-ring (bicyclic) bond motifs is 1. The fraction of sp³-hybridized carbons (Fsp3) is 0.273. The molecule has 1 aliphatic heterocycles. The highest BCUT2D eigenvalue weighted by Crippen LogP contribution is 2.34. The number of benzene rings is 3. The van der Waals surface area contributed by atoms with E-state index in [2.05, 4.69) is 83.7 Å². The second-order valence-corrected chi connectivity index (χ2v) is 10.6. The minimum Gasteiger partial charge on any atom is -0.383 e. The van der Waals surface area contributed by atoms with Crippen LogP contribution in [0.2, 0.25) is 5.02 Å². The molecule has 1 fully saturated rings. The van der Waals surface area contributed by atoms with Crippen LogP contribution in [-0.4, -0.2) is 36.6 Å². The zero-order valence-corrected chi connectivity index (χ0v) is 23.7. The Bertz CT molecular complexity index is 1420. The van der Waals surface area contributed by atoms with Crippen molar-refractivity contribution in [3.05, 3.63) is 114 Å². The van der Waals surface area contributed by atoms with Crippen molar-refractivity contribution in [2.45, 2.75) is 26.2 Å². The molecule has 3 N–H and O–H groups in total. The molecule has 2 heterocycles. The molecule has 3 aromatic carbocycles. The van der Waals surface area contributed by atoms with Crippen molar-refractivity contribution in [1.29, 1.82) is 0 Å². The van der Waals surface area contributed by atoms with Crippen LogP contribution in [0.4, 0.5) is 11.6 Å². The first-order chi connectivity index (χ1) is 18.9. The second-order valence-electron chi connectivity index (χ2n) is 10.2. The number of piperidine rings is 1. The highest BCUT2D eigenvalue weighted by molar-refractivity contribution is 6.30. The number of halogens is 1. The Balaban J connectivity index is 0.000000298. The lowest BCUT2D eigenvalue weighted by Crippen LogP contribution is -2.35. The first kappa shape index (κ1) is 28.3. The first-order valence-corrected chi connectivity index (χ1v) is 13.8. The van der Waals surface area contributed by atoms with Gasteiger partial charge < -0.3 is 16.0 Å². The molecule has 0 aliphatic carbocycles. The molecule has 0 bridgehead atoms. The summed E-state index contributed by atoms with van der Waals surface area (Å²) in [5.74, 6) is 1.98. The fourth-order valence-electron chi connectivity index (χ4n) is 4.99. The van der Waals surface area contributed by atoms with Gasteiger partial charge in [0.25, 0.3) is 0 Å². The van der Waals surface area contributed by atoms with Crippen LogP contribution in [0.25, 0.3) is 16.3 Å². The van der Waals surface area contributed by atoms with Crippen LogP contribution in [-0.2, 0) is 6.42 Å². The summed E-state index contributed by atoms with van der Waals surface area (Å²) in [6.07, 6.45) is 6.71. The first-order valence-electron chi connectivity index (χ1n) is 13.4. The normalized spacial score (nSPS) is 13.4. The Hall–Kier alpha value is -3.67. The van der Waals surface area contributed by atoms with Crippen molar-refractivity contribution in [3.63, 3.8) is 0 Å². The maximum absolute atomic E-state index is 6.31. The minimum atomic E-state index is 0.473. The summed E-state index contributed by atoms with van der Waals surface area (Å²) in [6.45, 7) is 13.3. The number of nitrogens with zero attached hydrogens (tertiary/aromatic N) is 3. The van der Waals surface area contributed by atoms with Gasteiger partial charge >= 0.3 is 0 Å². The van der Waals surface area contributed by atoms with Gasteiger partial charge in [-0.05, 0) is 90.9 Å². The van der Waals surface area contributed by atoms with Gasteiger partial charge in [0.1, 0.15) is 18.0 Å². The van der Waals surface area contributed by atoms with Crippen LogP contribution in [0.5, 0.6) is 0 Å². The SMILES string of the molecule is C=C(c1ccc2cc(C)ccc2c1)c1c(N)ncnc1N(C)CC1CCNCC1.C=CCc1ccc(Cl)cc1. The zero-order chi connectivity index (χ0) is 27.8. The van der Waals surface area contributed by atoms with Crippen LogP contribution in [0, 0.1) is 12.8 Å². The number of nitrogens with two attached hydrogens (primary N) is 1. The van der Waals surface area contributed by atoms with Crippen molar-refractivity contribution >= 4 is 39.6 Å². The lowest BCUT2D eigenvalue weighted by molar-refractivity contribution is 0.377. The molecule has 202 valence electrons. The molecule has 0 spiro atoms. The third-order valence-electron chi connectivity index (χ3n) is 7.15. The van der Waals surface area contributed by atoms with Gasteiger partial charge in [0, 0.05) is 18.6 Å². The highest BCUT2D eigenvalue weighted by atomic mass is 35.5. The maximum atomic E-state index is 6.31. The Morgan fingerprint density at radius 3 is 2.46 bits per heavy atom. The van der Waals surface area contributed by atoms with Crippen LogP contribution < -0.4 is 16.0 Å². The number of aryl methyl sites for hydroxylation is 1. The molecule has 6 heteroatoms. The van der Waals surface area contributed by atoms with Gasteiger partial charge in [0.05, 0.1) is 5.56 Å². The quantitative estimate of drug-likeness (QED) is 0.245. The Morgan fingerprint density at radius 1 is 1.05 bits per heavy atom. The summed E-state index contributed by atoms with van der Waals surface area (Å²) < 4.78 is 0. The number of nitrogens with one attached hydrogen (secondary N) is 1. The third kappa shape index (κ3) is 7.47. The average Bonchev–Trinajstić information content (AvgIpc) is 2.94. The topological polar surface area (TPSA) is 67.1 Å². The van der Waals surface area contributed by atoms with Gasteiger partial charge in [-0.2, -0.15) is 0 Å². The molecule has 39 heavy (non-hydrogen) atoms. The summed E-state index contributed by atoms with van der Waals surface area (Å²) >= 11 is 5.69. The van der Waals surface area contributed by atoms with E-state index in [0.29, 0.717) is 11.7 Å². The Morgan fingerprint density at radius 2 is 1.74 bits per heavy atom. The van der Waals surface area contributed by atoms with E-state index in [9.17, 15) is 0 Å². The van der Waals surface area contributed by atoms with Gasteiger partial charge in [-0.1, -0.05) is 72.3 Å². The van der Waals surface area contributed by atoms with Gasteiger partial charge in [-0.25, -0.2) is 9.97 Å². The molecular formula is C33H38ClN5. The molecule has 0 amide bonds. The Labute approximate surface area is 237 Å². The molecule has 0 radical (unpaired) electrons. The van der Waals surface area contributed by atoms with E-state index in [4.69, 9.17) is 17.3 Å². The van der Waals surface area contributed by atoms with E-state index in [-0.39, 0.29) is 0 Å². The largest absolute Gasteiger partial charge is 0.383 e. The van der Waals surface area contributed by atoms with E-state index in [1.165, 1.54) is 34.7 Å². The van der Waals surface area contributed by atoms with E-state index < -0.39 is 0 Å². The number of nitrogen functional groups attached to an aromatic ring is 1. The van der Waals surface area contributed by atoms with E-state index in [1.54, 1.807) is 6.33 Å². The number of hydrogen-bond acceptors (Lipinski definition) is 5. The number of aromatic nitrogens is 2. The van der Waals surface area contributed by atoms with Crippen molar-refractivity contribution in [2.75, 3.05) is 37.3 Å². The summed E-state index contributed by atoms with van der Waals surface area (Å²) in [5, 5.41) is 6.63. The third-order valence-corrected chi connectivity index (χ3v) is 7.40. The lowest BCUT2D eigenvalue weighted by Gasteiger charge is -2.29. The minimum absolute atomic E-state index is 0.473. The van der Waals surface area contributed by atoms with Crippen molar-refractivity contribution in [2.24, 2.45) is 5.92 Å². The van der Waals surface area contributed by atoms with Crippen molar-refractivity contribution in [3.8, 4) is 0 Å². The van der Waals surface area contributed by atoms with E-state index >= 15 is 0 Å².